The van der Waals surface area contributed by atoms with Crippen molar-refractivity contribution in [3.8, 4) is 0 Å². The van der Waals surface area contributed by atoms with Gasteiger partial charge in [0.2, 0.25) is 5.91 Å². The van der Waals surface area contributed by atoms with Crippen LogP contribution in [0.5, 0.6) is 0 Å². The molecular formula is C19H21F3N4O3. The second-order valence-corrected chi connectivity index (χ2v) is 6.55. The van der Waals surface area contributed by atoms with Crippen molar-refractivity contribution in [2.75, 3.05) is 5.32 Å². The molecule has 0 aliphatic rings. The lowest BCUT2D eigenvalue weighted by Crippen LogP contribution is -2.35. The maximum Gasteiger partial charge on any atom is 0.391 e. The van der Waals surface area contributed by atoms with Crippen LogP contribution in [0.25, 0.3) is 0 Å². The highest BCUT2D eigenvalue weighted by Crippen LogP contribution is 2.32. The molecule has 0 fully saturated rings. The highest BCUT2D eigenvalue weighted by molar-refractivity contribution is 5.93. The van der Waals surface area contributed by atoms with Crippen molar-refractivity contribution in [2.24, 2.45) is 0 Å². The van der Waals surface area contributed by atoms with E-state index in [4.69, 9.17) is 4.84 Å². The van der Waals surface area contributed by atoms with E-state index in [-0.39, 0.29) is 17.3 Å². The first-order valence-corrected chi connectivity index (χ1v) is 8.74. The van der Waals surface area contributed by atoms with Gasteiger partial charge in [0.05, 0.1) is 12.0 Å². The van der Waals surface area contributed by atoms with Crippen molar-refractivity contribution in [3.63, 3.8) is 0 Å². The molecule has 2 rings (SSSR count). The largest absolute Gasteiger partial charge is 0.391 e. The van der Waals surface area contributed by atoms with Crippen LogP contribution in [0.3, 0.4) is 0 Å². The van der Waals surface area contributed by atoms with Crippen LogP contribution in [0.4, 0.5) is 19.0 Å². The molecular weight excluding hydrogens is 389 g/mol. The first kappa shape index (κ1) is 22.3. The SMILES string of the molecule is CC(=O)Nc1cc(C(C)C(CC(F)(F)F)ONC(=O)c2cccnc2)cc(C)n1. The fourth-order valence-electron chi connectivity index (χ4n) is 2.65. The number of carbonyl (C=O) groups excluding carboxylic acids is 2. The summed E-state index contributed by atoms with van der Waals surface area (Å²) in [5.74, 6) is -1.60. The van der Waals surface area contributed by atoms with Crippen molar-refractivity contribution in [2.45, 2.75) is 45.4 Å². The van der Waals surface area contributed by atoms with E-state index in [1.54, 1.807) is 19.9 Å². The summed E-state index contributed by atoms with van der Waals surface area (Å²) >= 11 is 0. The third-order valence-electron chi connectivity index (χ3n) is 4.02. The summed E-state index contributed by atoms with van der Waals surface area (Å²) in [5.41, 5.74) is 3.22. The molecule has 0 spiro atoms. The Labute approximate surface area is 165 Å². The van der Waals surface area contributed by atoms with Crippen molar-refractivity contribution < 1.29 is 27.6 Å². The van der Waals surface area contributed by atoms with E-state index in [1.165, 1.54) is 37.5 Å². The molecule has 7 nitrogen and oxygen atoms in total. The predicted molar refractivity (Wildman–Crippen MR) is 98.9 cm³/mol. The average molecular weight is 410 g/mol. The van der Waals surface area contributed by atoms with E-state index in [0.717, 1.165) is 0 Å². The van der Waals surface area contributed by atoms with Crippen LogP contribution in [0, 0.1) is 6.92 Å². The molecule has 2 heterocycles. The molecule has 2 amide bonds. The normalized spacial score (nSPS) is 13.4. The van der Waals surface area contributed by atoms with Gasteiger partial charge in [-0.05, 0) is 36.8 Å². The van der Waals surface area contributed by atoms with Gasteiger partial charge >= 0.3 is 6.18 Å². The van der Waals surface area contributed by atoms with Crippen LogP contribution in [-0.2, 0) is 9.63 Å². The number of carbonyl (C=O) groups is 2. The van der Waals surface area contributed by atoms with Gasteiger partial charge in [-0.1, -0.05) is 6.92 Å². The van der Waals surface area contributed by atoms with Crippen LogP contribution < -0.4 is 10.8 Å². The Kier molecular flexibility index (Phi) is 7.27. The summed E-state index contributed by atoms with van der Waals surface area (Å²) in [6.07, 6.45) is -4.46. The van der Waals surface area contributed by atoms with Crippen LogP contribution in [0.1, 0.15) is 47.8 Å². The fourth-order valence-corrected chi connectivity index (χ4v) is 2.65. The minimum Gasteiger partial charge on any atom is -0.311 e. The number of amides is 2. The zero-order valence-electron chi connectivity index (χ0n) is 16.1. The number of pyridine rings is 2. The minimum absolute atomic E-state index is 0.151. The molecule has 10 heteroatoms. The van der Waals surface area contributed by atoms with Crippen LogP contribution >= 0.6 is 0 Å². The van der Waals surface area contributed by atoms with Gasteiger partial charge in [0.1, 0.15) is 11.9 Å². The molecule has 2 unspecified atom stereocenters. The first-order valence-electron chi connectivity index (χ1n) is 8.74. The third-order valence-corrected chi connectivity index (χ3v) is 4.02. The van der Waals surface area contributed by atoms with Gasteiger partial charge in [-0.2, -0.15) is 13.2 Å². The lowest BCUT2D eigenvalue weighted by atomic mass is 9.93. The molecule has 156 valence electrons. The number of anilines is 1. The lowest BCUT2D eigenvalue weighted by Gasteiger charge is -2.26. The van der Waals surface area contributed by atoms with E-state index >= 15 is 0 Å². The number of nitrogens with one attached hydrogen (secondary N) is 2. The molecule has 2 aromatic heterocycles. The standard InChI is InChI=1S/C19H21F3N4O3/c1-11-7-15(8-17(24-11)25-13(3)27)12(2)16(9-19(20,21)22)29-26-18(28)14-5-4-6-23-10-14/h4-8,10,12,16H,9H2,1-3H3,(H,26,28)(H,24,25,27). The van der Waals surface area contributed by atoms with Gasteiger partial charge in [-0.15, -0.1) is 0 Å². The Hall–Kier alpha value is -3.01. The van der Waals surface area contributed by atoms with Gasteiger partial charge in [0.15, 0.2) is 0 Å². The predicted octanol–water partition coefficient (Wildman–Crippen LogP) is 3.53. The molecule has 2 atom stereocenters. The number of nitrogens with zero attached hydrogens (tertiary/aromatic N) is 2. The van der Waals surface area contributed by atoms with Crippen LogP contribution in [0.2, 0.25) is 0 Å². The molecule has 0 saturated heterocycles. The molecule has 0 bridgehead atoms. The Morgan fingerprint density at radius 3 is 2.59 bits per heavy atom. The van der Waals surface area contributed by atoms with Crippen molar-refractivity contribution in [3.05, 3.63) is 53.5 Å². The number of hydroxylamine groups is 1. The number of aryl methyl sites for hydroxylation is 1. The quantitative estimate of drug-likeness (QED) is 0.681. The average Bonchev–Trinajstić information content (AvgIpc) is 2.63. The number of aromatic nitrogens is 2. The molecule has 29 heavy (non-hydrogen) atoms. The summed E-state index contributed by atoms with van der Waals surface area (Å²) in [5, 5.41) is 2.51. The molecule has 0 aliphatic carbocycles. The van der Waals surface area contributed by atoms with E-state index in [0.29, 0.717) is 11.3 Å². The minimum atomic E-state index is -4.51. The maximum atomic E-state index is 13.1. The van der Waals surface area contributed by atoms with Crippen molar-refractivity contribution >= 4 is 17.6 Å². The molecule has 2 aromatic rings. The summed E-state index contributed by atoms with van der Waals surface area (Å²) in [7, 11) is 0. The second kappa shape index (κ2) is 9.46. The third kappa shape index (κ3) is 7.15. The molecule has 2 N–H and O–H groups in total. The summed E-state index contributed by atoms with van der Waals surface area (Å²) in [4.78, 5) is 36.4. The number of rotatable bonds is 7. The lowest BCUT2D eigenvalue weighted by molar-refractivity contribution is -0.170. The van der Waals surface area contributed by atoms with Crippen molar-refractivity contribution in [1.82, 2.24) is 15.4 Å². The van der Waals surface area contributed by atoms with Crippen molar-refractivity contribution in [1.29, 1.82) is 0 Å². The second-order valence-electron chi connectivity index (χ2n) is 6.55. The van der Waals surface area contributed by atoms with E-state index in [2.05, 4.69) is 20.8 Å². The zero-order valence-corrected chi connectivity index (χ0v) is 16.1. The summed E-state index contributed by atoms with van der Waals surface area (Å²) < 4.78 is 39.3. The van der Waals surface area contributed by atoms with Gasteiger partial charge in [-0.3, -0.25) is 19.4 Å². The highest BCUT2D eigenvalue weighted by atomic mass is 19.4. The van der Waals surface area contributed by atoms with Gasteiger partial charge < -0.3 is 5.32 Å². The monoisotopic (exact) mass is 410 g/mol. The molecule has 0 radical (unpaired) electrons. The van der Waals surface area contributed by atoms with Crippen LogP contribution in [0.15, 0.2) is 36.7 Å². The Bertz CT molecular complexity index is 860. The fraction of sp³-hybridized carbons (Fsp3) is 0.368. The molecule has 0 saturated carbocycles. The van der Waals surface area contributed by atoms with E-state index in [9.17, 15) is 22.8 Å². The molecule has 0 aliphatic heterocycles. The number of alkyl halides is 3. The molecule has 0 aromatic carbocycles. The van der Waals surface area contributed by atoms with E-state index < -0.39 is 30.5 Å². The topological polar surface area (TPSA) is 93.2 Å². The van der Waals surface area contributed by atoms with Gasteiger partial charge in [-0.25, -0.2) is 10.5 Å². The maximum absolute atomic E-state index is 13.1. The number of halogens is 3. The Morgan fingerprint density at radius 1 is 1.28 bits per heavy atom. The number of hydrogen-bond acceptors (Lipinski definition) is 5. The van der Waals surface area contributed by atoms with E-state index in [1.807, 2.05) is 0 Å². The highest BCUT2D eigenvalue weighted by Gasteiger charge is 2.36. The smallest absolute Gasteiger partial charge is 0.311 e. The van der Waals surface area contributed by atoms with Gasteiger partial charge in [0.25, 0.3) is 5.91 Å². The Morgan fingerprint density at radius 2 is 2.00 bits per heavy atom. The number of hydrogen-bond donors (Lipinski definition) is 2. The Balaban J connectivity index is 2.21. The first-order chi connectivity index (χ1) is 13.5. The van der Waals surface area contributed by atoms with Crippen LogP contribution in [-0.4, -0.2) is 34.1 Å². The summed E-state index contributed by atoms with van der Waals surface area (Å²) in [6, 6.07) is 6.06. The van der Waals surface area contributed by atoms with Gasteiger partial charge in [0, 0.05) is 30.9 Å². The zero-order chi connectivity index (χ0) is 21.6. The summed E-state index contributed by atoms with van der Waals surface area (Å²) in [6.45, 7) is 4.50.